The number of pyridine rings is 1. The number of aromatic amines is 1. The Bertz CT molecular complexity index is 1360. The maximum Gasteiger partial charge on any atom is 0.417 e. The third-order valence-electron chi connectivity index (χ3n) is 6.28. The van der Waals surface area contributed by atoms with Crippen molar-refractivity contribution in [2.24, 2.45) is 5.73 Å². The first-order valence-electron chi connectivity index (χ1n) is 11.0. The van der Waals surface area contributed by atoms with Crippen LogP contribution in [0.4, 0.5) is 13.2 Å². The number of benzene rings is 2. The lowest BCUT2D eigenvalue weighted by Crippen LogP contribution is -2.48. The number of halogens is 3. The average Bonchev–Trinajstić information content (AvgIpc) is 3.20. The van der Waals surface area contributed by atoms with Gasteiger partial charge in [-0.2, -0.15) is 13.2 Å². The van der Waals surface area contributed by atoms with Gasteiger partial charge in [-0.1, -0.05) is 30.3 Å². The summed E-state index contributed by atoms with van der Waals surface area (Å²) < 4.78 is 45.7. The van der Waals surface area contributed by atoms with E-state index in [-0.39, 0.29) is 29.1 Å². The van der Waals surface area contributed by atoms with Gasteiger partial charge >= 0.3 is 12.1 Å². The Balaban J connectivity index is 1.67. The number of amides is 1. The van der Waals surface area contributed by atoms with Crippen LogP contribution < -0.4 is 16.6 Å². The number of ether oxygens (including phenoxy) is 1. The predicted octanol–water partition coefficient (Wildman–Crippen LogP) is 3.47. The Kier molecular flexibility index (Phi) is 6.18. The van der Waals surface area contributed by atoms with Crippen LogP contribution in [0.15, 0.2) is 53.3 Å². The molecule has 7 nitrogen and oxygen atoms in total. The van der Waals surface area contributed by atoms with Crippen LogP contribution in [0.25, 0.3) is 22.0 Å². The first-order valence-corrected chi connectivity index (χ1v) is 11.0. The van der Waals surface area contributed by atoms with Crippen molar-refractivity contribution in [3.63, 3.8) is 0 Å². The minimum absolute atomic E-state index is 0.0466. The molecule has 0 spiro atoms. The number of hydrogen-bond acceptors (Lipinski definition) is 5. The molecule has 10 heteroatoms. The number of carbonyl (C=O) groups is 2. The van der Waals surface area contributed by atoms with Crippen LogP contribution in [0, 0.1) is 0 Å². The van der Waals surface area contributed by atoms with Gasteiger partial charge in [0.1, 0.15) is 5.60 Å². The van der Waals surface area contributed by atoms with Crippen LogP contribution in [0.3, 0.4) is 0 Å². The molecule has 2 atom stereocenters. The minimum atomic E-state index is -4.58. The van der Waals surface area contributed by atoms with Crippen LogP contribution in [0.5, 0.6) is 0 Å². The summed E-state index contributed by atoms with van der Waals surface area (Å²) in [4.78, 5) is 39.8. The van der Waals surface area contributed by atoms with Crippen molar-refractivity contribution in [3.05, 3.63) is 70.0 Å². The SMILES string of the molecule is CC(C)(OC(=O)CN)C1C[C@@H](c2ccc3cc(-c4ccccc4C(F)(F)F)[nH]c(=O)c3c2)C(=O)N1. The zero-order chi connectivity index (χ0) is 25.5. The normalized spacial score (nSPS) is 18.5. The summed E-state index contributed by atoms with van der Waals surface area (Å²) in [6.45, 7) is 3.08. The van der Waals surface area contributed by atoms with Gasteiger partial charge in [-0.15, -0.1) is 0 Å². The standard InChI is InChI=1S/C25H24F3N3O4/c1-24(2,35-21(32)12-29)20-11-17(23(34)31-20)13-7-8-14-10-19(30-22(33)16(14)9-13)15-5-3-4-6-18(15)25(26,27)28/h3-10,17,20H,11-12,29H2,1-2H3,(H,30,33)(H,31,34)/t17-,20?/m0/s1. The molecule has 184 valence electrons. The molecule has 0 aliphatic carbocycles. The van der Waals surface area contributed by atoms with Crippen molar-refractivity contribution in [1.29, 1.82) is 0 Å². The summed E-state index contributed by atoms with van der Waals surface area (Å²) >= 11 is 0. The number of hydrogen-bond donors (Lipinski definition) is 3. The Morgan fingerprint density at radius 2 is 1.83 bits per heavy atom. The second-order valence-electron chi connectivity index (χ2n) is 9.03. The third-order valence-corrected chi connectivity index (χ3v) is 6.28. The molecule has 2 aromatic carbocycles. The highest BCUT2D eigenvalue weighted by molar-refractivity contribution is 5.90. The summed E-state index contributed by atoms with van der Waals surface area (Å²) in [5, 5.41) is 3.53. The summed E-state index contributed by atoms with van der Waals surface area (Å²) in [6, 6.07) is 10.9. The van der Waals surface area contributed by atoms with Crippen molar-refractivity contribution in [2.45, 2.75) is 44.0 Å². The molecule has 1 fully saturated rings. The number of esters is 1. The molecule has 1 unspecified atom stereocenters. The molecule has 0 bridgehead atoms. The van der Waals surface area contributed by atoms with E-state index in [2.05, 4.69) is 10.3 Å². The first kappa shape index (κ1) is 24.5. The molecular weight excluding hydrogens is 463 g/mol. The average molecular weight is 487 g/mol. The molecule has 1 amide bonds. The van der Waals surface area contributed by atoms with Gasteiger partial charge in [-0.05, 0) is 49.4 Å². The van der Waals surface area contributed by atoms with Crippen molar-refractivity contribution in [2.75, 3.05) is 6.54 Å². The number of H-pyrrole nitrogens is 1. The van der Waals surface area contributed by atoms with Gasteiger partial charge < -0.3 is 20.8 Å². The summed E-state index contributed by atoms with van der Waals surface area (Å²) in [5.74, 6) is -1.46. The van der Waals surface area contributed by atoms with E-state index < -0.39 is 40.8 Å². The van der Waals surface area contributed by atoms with Crippen molar-refractivity contribution in [3.8, 4) is 11.3 Å². The highest BCUT2D eigenvalue weighted by atomic mass is 19.4. The highest BCUT2D eigenvalue weighted by Crippen LogP contribution is 2.37. The van der Waals surface area contributed by atoms with E-state index in [1.165, 1.54) is 24.3 Å². The van der Waals surface area contributed by atoms with Crippen LogP contribution in [-0.4, -0.2) is 35.0 Å². The number of alkyl halides is 3. The van der Waals surface area contributed by atoms with Gasteiger partial charge in [0.2, 0.25) is 5.91 Å². The summed E-state index contributed by atoms with van der Waals surface area (Å²) in [5.41, 5.74) is 3.41. The Morgan fingerprint density at radius 3 is 2.51 bits per heavy atom. The lowest BCUT2D eigenvalue weighted by Gasteiger charge is -2.31. The van der Waals surface area contributed by atoms with Crippen molar-refractivity contribution in [1.82, 2.24) is 10.3 Å². The van der Waals surface area contributed by atoms with Gasteiger partial charge in [0, 0.05) is 16.6 Å². The van der Waals surface area contributed by atoms with Gasteiger partial charge in [0.05, 0.1) is 24.1 Å². The fourth-order valence-electron chi connectivity index (χ4n) is 4.43. The second-order valence-corrected chi connectivity index (χ2v) is 9.03. The monoisotopic (exact) mass is 487 g/mol. The maximum absolute atomic E-state index is 13.5. The Labute approximate surface area is 198 Å². The molecular formula is C25H24F3N3O4. The lowest BCUT2D eigenvalue weighted by atomic mass is 9.89. The van der Waals surface area contributed by atoms with E-state index in [1.807, 2.05) is 0 Å². The fourth-order valence-corrected chi connectivity index (χ4v) is 4.43. The number of rotatable bonds is 5. The molecule has 3 aromatic rings. The third kappa shape index (κ3) is 4.79. The Morgan fingerprint density at radius 1 is 1.11 bits per heavy atom. The molecule has 1 aromatic heterocycles. The number of aromatic nitrogens is 1. The van der Waals surface area contributed by atoms with E-state index in [1.54, 1.807) is 32.0 Å². The maximum atomic E-state index is 13.5. The number of carbonyl (C=O) groups excluding carboxylic acids is 2. The molecule has 4 rings (SSSR count). The van der Waals surface area contributed by atoms with Crippen LogP contribution in [-0.2, 0) is 20.5 Å². The van der Waals surface area contributed by atoms with Gasteiger partial charge in [-0.25, -0.2) is 0 Å². The van der Waals surface area contributed by atoms with E-state index in [9.17, 15) is 27.6 Å². The smallest absolute Gasteiger partial charge is 0.417 e. The predicted molar refractivity (Wildman–Crippen MR) is 124 cm³/mol. The zero-order valence-electron chi connectivity index (χ0n) is 19.0. The lowest BCUT2D eigenvalue weighted by molar-refractivity contribution is -0.157. The van der Waals surface area contributed by atoms with Gasteiger partial charge in [0.25, 0.3) is 5.56 Å². The summed E-state index contributed by atoms with van der Waals surface area (Å²) in [7, 11) is 0. The molecule has 4 N–H and O–H groups in total. The van der Waals surface area contributed by atoms with Gasteiger partial charge in [0.15, 0.2) is 0 Å². The molecule has 35 heavy (non-hydrogen) atoms. The first-order chi connectivity index (χ1) is 16.4. The van der Waals surface area contributed by atoms with Crippen LogP contribution >= 0.6 is 0 Å². The van der Waals surface area contributed by atoms with Gasteiger partial charge in [-0.3, -0.25) is 14.4 Å². The zero-order valence-corrected chi connectivity index (χ0v) is 19.0. The Hall–Kier alpha value is -3.66. The molecule has 0 radical (unpaired) electrons. The largest absolute Gasteiger partial charge is 0.457 e. The number of nitrogens with two attached hydrogens (primary N) is 1. The van der Waals surface area contributed by atoms with Crippen molar-refractivity contribution < 1.29 is 27.5 Å². The second kappa shape index (κ2) is 8.84. The van der Waals surface area contributed by atoms with E-state index in [0.717, 1.165) is 6.07 Å². The van der Waals surface area contributed by atoms with Crippen molar-refractivity contribution >= 4 is 22.6 Å². The summed E-state index contributed by atoms with van der Waals surface area (Å²) in [6.07, 6.45) is -4.25. The topological polar surface area (TPSA) is 114 Å². The van der Waals surface area contributed by atoms with E-state index >= 15 is 0 Å². The number of nitrogens with one attached hydrogen (secondary N) is 2. The van der Waals surface area contributed by atoms with Crippen LogP contribution in [0.2, 0.25) is 0 Å². The quantitative estimate of drug-likeness (QED) is 0.477. The van der Waals surface area contributed by atoms with E-state index in [0.29, 0.717) is 17.4 Å². The fraction of sp³-hybridized carbons (Fsp3) is 0.320. The number of fused-ring (bicyclic) bond motifs is 1. The molecule has 1 aliphatic heterocycles. The highest BCUT2D eigenvalue weighted by Gasteiger charge is 2.43. The molecule has 0 saturated carbocycles. The van der Waals surface area contributed by atoms with Crippen LogP contribution in [0.1, 0.15) is 37.3 Å². The molecule has 1 saturated heterocycles. The molecule has 2 heterocycles. The van der Waals surface area contributed by atoms with E-state index in [4.69, 9.17) is 10.5 Å². The molecule has 1 aliphatic rings. The minimum Gasteiger partial charge on any atom is -0.457 e.